The van der Waals surface area contributed by atoms with E-state index in [1.54, 1.807) is 0 Å². The summed E-state index contributed by atoms with van der Waals surface area (Å²) < 4.78 is 0. The first kappa shape index (κ1) is 17.8. The number of benzene rings is 2. The number of H-pyrrole nitrogens is 2. The van der Waals surface area contributed by atoms with E-state index in [1.807, 2.05) is 6.20 Å². The van der Waals surface area contributed by atoms with Crippen molar-refractivity contribution in [2.45, 2.75) is 58.8 Å². The van der Waals surface area contributed by atoms with Gasteiger partial charge in [0.1, 0.15) is 0 Å². The molecular formula is C23H28N4. The Hall–Kier alpha value is -2.62. The van der Waals surface area contributed by atoms with Crippen molar-refractivity contribution in [2.75, 3.05) is 0 Å². The average Bonchev–Trinajstić information content (AvgIpc) is 3.19. The zero-order valence-electron chi connectivity index (χ0n) is 17.1. The summed E-state index contributed by atoms with van der Waals surface area (Å²) in [5, 5.41) is 17.6. The smallest absolute Gasteiger partial charge is 0.0924 e. The molecule has 0 amide bonds. The molecule has 0 spiro atoms. The molecule has 0 saturated heterocycles. The first-order valence-corrected chi connectivity index (χ1v) is 9.57. The molecule has 27 heavy (non-hydrogen) atoms. The van der Waals surface area contributed by atoms with Gasteiger partial charge in [-0.05, 0) is 45.7 Å². The molecule has 0 aliphatic rings. The second kappa shape index (κ2) is 5.95. The highest BCUT2D eigenvalue weighted by atomic mass is 15.1. The molecule has 0 atom stereocenters. The Morgan fingerprint density at radius 2 is 1.59 bits per heavy atom. The zero-order chi connectivity index (χ0) is 19.4. The van der Waals surface area contributed by atoms with Crippen molar-refractivity contribution in [2.24, 2.45) is 0 Å². The number of rotatable bonds is 2. The summed E-state index contributed by atoms with van der Waals surface area (Å²) in [5.74, 6) is 0. The molecule has 140 valence electrons. The van der Waals surface area contributed by atoms with Gasteiger partial charge in [0.25, 0.3) is 0 Å². The Balaban J connectivity index is 1.84. The molecule has 0 aliphatic carbocycles. The summed E-state index contributed by atoms with van der Waals surface area (Å²) in [7, 11) is 0. The van der Waals surface area contributed by atoms with Crippen molar-refractivity contribution in [1.82, 2.24) is 20.4 Å². The molecule has 2 N–H and O–H groups in total. The Morgan fingerprint density at radius 1 is 0.852 bits per heavy atom. The number of fused-ring (bicyclic) bond motifs is 2. The molecule has 4 nitrogen and oxygen atoms in total. The van der Waals surface area contributed by atoms with Crippen LogP contribution in [0.3, 0.4) is 0 Å². The van der Waals surface area contributed by atoms with Gasteiger partial charge in [0.05, 0.1) is 17.2 Å². The van der Waals surface area contributed by atoms with Gasteiger partial charge in [-0.2, -0.15) is 10.2 Å². The van der Waals surface area contributed by atoms with Crippen LogP contribution in [0.15, 0.2) is 36.5 Å². The van der Waals surface area contributed by atoms with Gasteiger partial charge < -0.3 is 0 Å². The summed E-state index contributed by atoms with van der Waals surface area (Å²) in [4.78, 5) is 0. The number of nitrogens with zero attached hydrogens (tertiary/aromatic N) is 2. The van der Waals surface area contributed by atoms with Crippen LogP contribution in [0.2, 0.25) is 0 Å². The third-order valence-electron chi connectivity index (χ3n) is 5.36. The summed E-state index contributed by atoms with van der Waals surface area (Å²) in [6.07, 6.45) is 2.71. The summed E-state index contributed by atoms with van der Waals surface area (Å²) in [6.45, 7) is 13.5. The third kappa shape index (κ3) is 3.25. The van der Waals surface area contributed by atoms with E-state index in [2.05, 4.69) is 92.3 Å². The van der Waals surface area contributed by atoms with Crippen LogP contribution in [0.5, 0.6) is 0 Å². The fraction of sp³-hybridized carbons (Fsp3) is 0.391. The highest BCUT2D eigenvalue weighted by Gasteiger charge is 2.19. The van der Waals surface area contributed by atoms with E-state index in [0.717, 1.165) is 28.5 Å². The minimum atomic E-state index is 0.0929. The van der Waals surface area contributed by atoms with E-state index in [0.29, 0.717) is 0 Å². The molecule has 0 aliphatic heterocycles. The molecule has 2 aromatic carbocycles. The highest BCUT2D eigenvalue weighted by Crippen LogP contribution is 2.31. The van der Waals surface area contributed by atoms with Gasteiger partial charge in [-0.1, -0.05) is 53.7 Å². The van der Waals surface area contributed by atoms with Crippen molar-refractivity contribution >= 4 is 21.8 Å². The number of hydrogen-bond donors (Lipinski definition) is 2. The second-order valence-electron chi connectivity index (χ2n) is 9.58. The molecule has 0 saturated carbocycles. The first-order chi connectivity index (χ1) is 12.6. The molecule has 0 unspecified atom stereocenters. The maximum Gasteiger partial charge on any atom is 0.0924 e. The van der Waals surface area contributed by atoms with Crippen molar-refractivity contribution in [3.8, 4) is 0 Å². The minimum Gasteiger partial charge on any atom is -0.281 e. The number of aromatic amines is 2. The molecule has 0 fully saturated rings. The quantitative estimate of drug-likeness (QED) is 0.487. The largest absolute Gasteiger partial charge is 0.281 e. The summed E-state index contributed by atoms with van der Waals surface area (Å²) >= 11 is 0. The van der Waals surface area contributed by atoms with Crippen LogP contribution in [0.1, 0.15) is 63.9 Å². The van der Waals surface area contributed by atoms with Crippen molar-refractivity contribution in [1.29, 1.82) is 0 Å². The van der Waals surface area contributed by atoms with Crippen LogP contribution in [0.25, 0.3) is 21.8 Å². The van der Waals surface area contributed by atoms with E-state index in [1.165, 1.54) is 22.1 Å². The Kier molecular flexibility index (Phi) is 3.91. The third-order valence-corrected chi connectivity index (χ3v) is 5.36. The van der Waals surface area contributed by atoms with Gasteiger partial charge >= 0.3 is 0 Å². The number of hydrogen-bond acceptors (Lipinski definition) is 2. The Morgan fingerprint density at radius 3 is 2.30 bits per heavy atom. The van der Waals surface area contributed by atoms with Gasteiger partial charge in [-0.25, -0.2) is 0 Å². The molecule has 2 aromatic heterocycles. The van der Waals surface area contributed by atoms with Crippen LogP contribution in [0.4, 0.5) is 0 Å². The van der Waals surface area contributed by atoms with Gasteiger partial charge in [0.15, 0.2) is 0 Å². The van der Waals surface area contributed by atoms with E-state index in [4.69, 9.17) is 0 Å². The SMILES string of the molecule is CC(C)(C)c1cc(Cc2[nH]nc3ccc(C(C)(C)C)cc23)c2[nH]ncc2c1. The lowest BCUT2D eigenvalue weighted by molar-refractivity contribution is 0.590. The Bertz CT molecular complexity index is 1120. The highest BCUT2D eigenvalue weighted by molar-refractivity contribution is 5.86. The normalized spacial score (nSPS) is 13.0. The van der Waals surface area contributed by atoms with Gasteiger partial charge in [0, 0.05) is 22.9 Å². The summed E-state index contributed by atoms with van der Waals surface area (Å²) in [6, 6.07) is 11.1. The molecule has 4 rings (SSSR count). The first-order valence-electron chi connectivity index (χ1n) is 9.57. The molecule has 0 bridgehead atoms. The lowest BCUT2D eigenvalue weighted by Crippen LogP contribution is -2.11. The van der Waals surface area contributed by atoms with Gasteiger partial charge in [-0.3, -0.25) is 10.2 Å². The average molecular weight is 361 g/mol. The van der Waals surface area contributed by atoms with E-state index in [-0.39, 0.29) is 10.8 Å². The molecule has 4 aromatic rings. The predicted molar refractivity (Wildman–Crippen MR) is 112 cm³/mol. The zero-order valence-corrected chi connectivity index (χ0v) is 17.1. The van der Waals surface area contributed by atoms with Crippen LogP contribution in [0, 0.1) is 0 Å². The number of nitrogens with one attached hydrogen (secondary N) is 2. The van der Waals surface area contributed by atoms with E-state index < -0.39 is 0 Å². The maximum atomic E-state index is 4.53. The second-order valence-corrected chi connectivity index (χ2v) is 9.58. The van der Waals surface area contributed by atoms with E-state index >= 15 is 0 Å². The topological polar surface area (TPSA) is 57.4 Å². The lowest BCUT2D eigenvalue weighted by Gasteiger charge is -2.20. The van der Waals surface area contributed by atoms with E-state index in [9.17, 15) is 0 Å². The Labute approximate surface area is 160 Å². The standard InChI is InChI=1S/C23H28N4/c1-22(2,3)16-7-8-19-18(12-16)20(26-25-19)11-14-9-17(23(4,5)6)10-15-13-24-27-21(14)15/h7-10,12-13H,11H2,1-6H3,(H,24,27)(H,25,26). The molecular weight excluding hydrogens is 332 g/mol. The minimum absolute atomic E-state index is 0.0929. The van der Waals surface area contributed by atoms with Gasteiger partial charge in [0.2, 0.25) is 0 Å². The van der Waals surface area contributed by atoms with Crippen LogP contribution >= 0.6 is 0 Å². The maximum absolute atomic E-state index is 4.53. The fourth-order valence-corrected chi connectivity index (χ4v) is 3.56. The molecule has 4 heteroatoms. The predicted octanol–water partition coefficient (Wildman–Crippen LogP) is 5.63. The van der Waals surface area contributed by atoms with Crippen molar-refractivity contribution in [3.63, 3.8) is 0 Å². The van der Waals surface area contributed by atoms with Crippen LogP contribution < -0.4 is 0 Å². The van der Waals surface area contributed by atoms with Crippen LogP contribution in [-0.4, -0.2) is 20.4 Å². The molecule has 0 radical (unpaired) electrons. The number of aromatic nitrogens is 4. The van der Waals surface area contributed by atoms with Crippen LogP contribution in [-0.2, 0) is 17.3 Å². The van der Waals surface area contributed by atoms with Crippen molar-refractivity contribution in [3.05, 3.63) is 58.9 Å². The molecule has 2 heterocycles. The van der Waals surface area contributed by atoms with Gasteiger partial charge in [-0.15, -0.1) is 0 Å². The lowest BCUT2D eigenvalue weighted by atomic mass is 9.84. The monoisotopic (exact) mass is 360 g/mol. The van der Waals surface area contributed by atoms with Crippen molar-refractivity contribution < 1.29 is 0 Å². The fourth-order valence-electron chi connectivity index (χ4n) is 3.56. The summed E-state index contributed by atoms with van der Waals surface area (Å²) in [5.41, 5.74) is 7.39.